The number of aliphatic carboxylic acids is 1. The normalized spacial score (nSPS) is 16.3. The molecule has 234 valence electrons. The van der Waals surface area contributed by atoms with Crippen LogP contribution in [0.25, 0.3) is 22.0 Å². The number of thiazole rings is 1. The summed E-state index contributed by atoms with van der Waals surface area (Å²) in [6, 6.07) is 5.96. The number of fused-ring (bicyclic) bond motifs is 2. The first-order valence-electron chi connectivity index (χ1n) is 14.3. The number of carbonyl (C=O) groups excluding carboxylic acids is 1. The summed E-state index contributed by atoms with van der Waals surface area (Å²) >= 11 is 1.31. The molecule has 0 radical (unpaired) electrons. The molecule has 5 aromatic rings. The Morgan fingerprint density at radius 2 is 1.93 bits per heavy atom. The minimum atomic E-state index is -1.21. The highest BCUT2D eigenvalue weighted by Gasteiger charge is 2.35. The number of amides is 1. The highest BCUT2D eigenvalue weighted by atomic mass is 35.5. The SMILES string of the molecule is Cl.O=C(O)CC1(O)CCN(c2ccc(-c3cc(F)c4cn(C(C(=O)Nc5nccs5)c5ncn6c5CCC6)nc4c3)cn2)CC1. The Morgan fingerprint density at radius 3 is 2.64 bits per heavy atom. The molecule has 0 spiro atoms. The van der Waals surface area contributed by atoms with Crippen molar-refractivity contribution in [1.82, 2.24) is 29.3 Å². The fraction of sp³-hybridized carbons (Fsp3) is 0.333. The molecule has 1 amide bonds. The van der Waals surface area contributed by atoms with Crippen LogP contribution in [0.3, 0.4) is 0 Å². The van der Waals surface area contributed by atoms with Gasteiger partial charge in [0, 0.05) is 54.9 Å². The molecular formula is C30H30ClFN8O4S. The van der Waals surface area contributed by atoms with E-state index in [1.54, 1.807) is 36.4 Å². The molecule has 12 nitrogen and oxygen atoms in total. The minimum Gasteiger partial charge on any atom is -0.481 e. The molecule has 2 aliphatic rings. The summed E-state index contributed by atoms with van der Waals surface area (Å²) in [4.78, 5) is 40.0. The van der Waals surface area contributed by atoms with Crippen LogP contribution >= 0.6 is 23.7 Å². The van der Waals surface area contributed by atoms with Gasteiger partial charge in [-0.1, -0.05) is 0 Å². The predicted octanol–water partition coefficient (Wildman–Crippen LogP) is 4.29. The van der Waals surface area contributed by atoms with Crippen LogP contribution in [0, 0.1) is 5.82 Å². The highest BCUT2D eigenvalue weighted by molar-refractivity contribution is 7.13. The summed E-state index contributed by atoms with van der Waals surface area (Å²) < 4.78 is 19.1. The van der Waals surface area contributed by atoms with Crippen LogP contribution in [-0.4, -0.2) is 70.1 Å². The largest absolute Gasteiger partial charge is 0.481 e. The van der Waals surface area contributed by atoms with Crippen LogP contribution in [0.5, 0.6) is 0 Å². The van der Waals surface area contributed by atoms with Crippen LogP contribution in [0.1, 0.15) is 43.1 Å². The number of benzene rings is 1. The smallest absolute Gasteiger partial charge is 0.306 e. The van der Waals surface area contributed by atoms with E-state index in [2.05, 4.69) is 25.4 Å². The third-order valence-electron chi connectivity index (χ3n) is 8.40. The van der Waals surface area contributed by atoms with E-state index in [1.165, 1.54) is 22.1 Å². The molecule has 1 atom stereocenters. The van der Waals surface area contributed by atoms with Gasteiger partial charge in [0.1, 0.15) is 11.6 Å². The number of carbonyl (C=O) groups is 2. The summed E-state index contributed by atoms with van der Waals surface area (Å²) in [7, 11) is 0. The molecule has 0 bridgehead atoms. The van der Waals surface area contributed by atoms with Gasteiger partial charge in [-0.25, -0.2) is 19.3 Å². The molecule has 0 aliphatic carbocycles. The maximum absolute atomic E-state index is 15.5. The number of hydrogen-bond acceptors (Lipinski definition) is 9. The Morgan fingerprint density at radius 1 is 1.11 bits per heavy atom. The number of aliphatic hydroxyl groups is 1. The van der Waals surface area contributed by atoms with Crippen molar-refractivity contribution < 1.29 is 24.2 Å². The van der Waals surface area contributed by atoms with Gasteiger partial charge in [0.2, 0.25) is 0 Å². The van der Waals surface area contributed by atoms with E-state index in [4.69, 9.17) is 5.11 Å². The maximum Gasteiger partial charge on any atom is 0.306 e. The van der Waals surface area contributed by atoms with Crippen molar-refractivity contribution in [2.24, 2.45) is 0 Å². The van der Waals surface area contributed by atoms with Crippen LogP contribution in [0.2, 0.25) is 0 Å². The zero-order chi connectivity index (χ0) is 30.4. The van der Waals surface area contributed by atoms with Gasteiger partial charge in [-0.05, 0) is 55.5 Å². The molecule has 1 saturated heterocycles. The number of nitrogens with zero attached hydrogens (tertiary/aromatic N) is 7. The average Bonchev–Trinajstić information content (AvgIpc) is 3.80. The number of anilines is 2. The maximum atomic E-state index is 15.5. The van der Waals surface area contributed by atoms with Gasteiger partial charge in [-0.3, -0.25) is 19.6 Å². The van der Waals surface area contributed by atoms with Crippen molar-refractivity contribution in [3.63, 3.8) is 0 Å². The summed E-state index contributed by atoms with van der Waals surface area (Å²) in [5, 5.41) is 29.6. The van der Waals surface area contributed by atoms with E-state index in [0.717, 1.165) is 25.1 Å². The quantitative estimate of drug-likeness (QED) is 0.223. The number of carboxylic acids is 1. The number of halogens is 2. The van der Waals surface area contributed by atoms with E-state index in [-0.39, 0.29) is 30.1 Å². The zero-order valence-corrected chi connectivity index (χ0v) is 25.6. The Bertz CT molecular complexity index is 1850. The average molecular weight is 653 g/mol. The van der Waals surface area contributed by atoms with Gasteiger partial charge < -0.3 is 19.7 Å². The van der Waals surface area contributed by atoms with E-state index < -0.39 is 23.4 Å². The van der Waals surface area contributed by atoms with E-state index in [1.807, 2.05) is 21.6 Å². The molecule has 0 saturated carbocycles. The third kappa shape index (κ3) is 6.00. The number of pyridine rings is 1. The Hall–Kier alpha value is -4.40. The van der Waals surface area contributed by atoms with Gasteiger partial charge in [0.05, 0.1) is 34.9 Å². The van der Waals surface area contributed by atoms with Gasteiger partial charge in [0.25, 0.3) is 5.91 Å². The molecular weight excluding hydrogens is 623 g/mol. The van der Waals surface area contributed by atoms with E-state index in [0.29, 0.717) is 59.2 Å². The number of rotatable bonds is 8. The van der Waals surface area contributed by atoms with Crippen LogP contribution in [0.15, 0.2) is 54.6 Å². The molecule has 7 rings (SSSR count). The van der Waals surface area contributed by atoms with Crippen LogP contribution < -0.4 is 10.2 Å². The monoisotopic (exact) mass is 652 g/mol. The van der Waals surface area contributed by atoms with Crippen molar-refractivity contribution in [3.05, 3.63) is 71.8 Å². The van der Waals surface area contributed by atoms with Crippen molar-refractivity contribution in [2.75, 3.05) is 23.3 Å². The molecule has 3 N–H and O–H groups in total. The number of carboxylic acid groups (broad SMARTS) is 1. The summed E-state index contributed by atoms with van der Waals surface area (Å²) in [5.41, 5.74) is 2.01. The van der Waals surface area contributed by atoms with Crippen LogP contribution in [0.4, 0.5) is 15.3 Å². The fourth-order valence-electron chi connectivity index (χ4n) is 6.11. The van der Waals surface area contributed by atoms with Gasteiger partial charge >= 0.3 is 5.97 Å². The van der Waals surface area contributed by atoms with Crippen LogP contribution in [-0.2, 0) is 22.6 Å². The second kappa shape index (κ2) is 12.2. The molecule has 45 heavy (non-hydrogen) atoms. The fourth-order valence-corrected chi connectivity index (χ4v) is 6.65. The number of piperidine rings is 1. The Balaban J connectivity index is 0.00000357. The first-order valence-corrected chi connectivity index (χ1v) is 15.2. The lowest BCUT2D eigenvalue weighted by Crippen LogP contribution is -2.45. The highest BCUT2D eigenvalue weighted by Crippen LogP contribution is 2.33. The van der Waals surface area contributed by atoms with Gasteiger partial charge in [-0.15, -0.1) is 23.7 Å². The van der Waals surface area contributed by atoms with Crippen molar-refractivity contribution in [3.8, 4) is 11.1 Å². The predicted molar refractivity (Wildman–Crippen MR) is 168 cm³/mol. The van der Waals surface area contributed by atoms with E-state index >= 15 is 4.39 Å². The number of aryl methyl sites for hydroxylation is 1. The molecule has 4 aromatic heterocycles. The van der Waals surface area contributed by atoms with E-state index in [9.17, 15) is 14.7 Å². The zero-order valence-electron chi connectivity index (χ0n) is 24.0. The number of hydrogen-bond donors (Lipinski definition) is 3. The molecule has 1 unspecified atom stereocenters. The molecule has 15 heteroatoms. The van der Waals surface area contributed by atoms with Crippen molar-refractivity contribution >= 4 is 57.5 Å². The summed E-state index contributed by atoms with van der Waals surface area (Å²) in [6.07, 6.45) is 8.68. The first kappa shape index (κ1) is 30.6. The third-order valence-corrected chi connectivity index (χ3v) is 9.09. The number of nitrogens with one attached hydrogen (secondary N) is 1. The minimum absolute atomic E-state index is 0. The molecule has 2 aliphatic heterocycles. The molecule has 1 aromatic carbocycles. The standard InChI is InChI=1S/C30H29FN8O4S.ClH/c31-21-12-19(18-3-4-24(33-15-18)37-9-5-30(43,6-10-37)14-25(40)41)13-22-20(21)16-39(36-22)27(28(42)35-29-32-7-11-44-29)26-23-2-1-8-38(23)17-34-26;/h3-4,7,11-13,15-17,27,43H,1-2,5-6,8-10,14H2,(H,40,41)(H,32,35,42);1H. The summed E-state index contributed by atoms with van der Waals surface area (Å²) in [5.74, 6) is -1.16. The number of imidazole rings is 1. The lowest BCUT2D eigenvalue weighted by atomic mass is 9.88. The van der Waals surface area contributed by atoms with Gasteiger partial charge in [-0.2, -0.15) is 5.10 Å². The second-order valence-corrected chi connectivity index (χ2v) is 12.2. The number of aromatic nitrogens is 6. The second-order valence-electron chi connectivity index (χ2n) is 11.3. The van der Waals surface area contributed by atoms with Gasteiger partial charge in [0.15, 0.2) is 11.2 Å². The lowest BCUT2D eigenvalue weighted by Gasteiger charge is -2.37. The lowest BCUT2D eigenvalue weighted by molar-refractivity contribution is -0.143. The summed E-state index contributed by atoms with van der Waals surface area (Å²) in [6.45, 7) is 1.79. The topological polar surface area (TPSA) is 151 Å². The van der Waals surface area contributed by atoms with Crippen molar-refractivity contribution in [1.29, 1.82) is 0 Å². The first-order chi connectivity index (χ1) is 21.3. The molecule has 6 heterocycles. The molecule has 1 fully saturated rings. The van der Waals surface area contributed by atoms with Crippen molar-refractivity contribution in [2.45, 2.75) is 50.3 Å². The Kier molecular flexibility index (Phi) is 8.29. The Labute approximate surface area is 267 Å².